The van der Waals surface area contributed by atoms with E-state index >= 15 is 0 Å². The Balaban J connectivity index is 2.55. The maximum absolute atomic E-state index is 12.8. The van der Waals surface area contributed by atoms with Crippen LogP contribution in [0, 0.1) is 0 Å². The largest absolute Gasteiger partial charge is 0.509 e. The number of carbonyl (C=O) groups is 3. The molecule has 0 aromatic carbocycles. The van der Waals surface area contributed by atoms with Gasteiger partial charge in [0.25, 0.3) is 0 Å². The first-order chi connectivity index (χ1) is 20.4. The number of ether oxygens (including phenoxy) is 4. The van der Waals surface area contributed by atoms with E-state index in [1.807, 2.05) is 0 Å². The second kappa shape index (κ2) is 25.5. The highest BCUT2D eigenvalue weighted by atomic mass is 16.7. The van der Waals surface area contributed by atoms with Crippen LogP contribution in [-0.4, -0.2) is 67.3 Å². The summed E-state index contributed by atoms with van der Waals surface area (Å²) in [5.41, 5.74) is 0. The first kappa shape index (κ1) is 38.1. The molecule has 4 atom stereocenters. The number of hydrogen-bond donors (Lipinski definition) is 2. The molecule has 1 fully saturated rings. The van der Waals surface area contributed by atoms with Crippen molar-refractivity contribution in [1.29, 1.82) is 0 Å². The molecule has 1 amide bonds. The molecule has 0 spiro atoms. The van der Waals surface area contributed by atoms with Gasteiger partial charge in [0.05, 0.1) is 13.0 Å². The van der Waals surface area contributed by atoms with Gasteiger partial charge in [-0.05, 0) is 12.8 Å². The third kappa shape index (κ3) is 18.5. The molecule has 2 N–H and O–H groups in total. The van der Waals surface area contributed by atoms with Crippen molar-refractivity contribution in [1.82, 2.24) is 5.32 Å². The van der Waals surface area contributed by atoms with E-state index in [9.17, 15) is 19.5 Å². The van der Waals surface area contributed by atoms with Crippen LogP contribution in [0.3, 0.4) is 0 Å². The van der Waals surface area contributed by atoms with Gasteiger partial charge < -0.3 is 29.4 Å². The molecule has 1 rings (SSSR count). The maximum atomic E-state index is 12.8. The van der Waals surface area contributed by atoms with Gasteiger partial charge >= 0.3 is 6.16 Å². The van der Waals surface area contributed by atoms with Crippen molar-refractivity contribution in [3.05, 3.63) is 12.7 Å². The Kier molecular flexibility index (Phi) is 23.1. The quantitative estimate of drug-likeness (QED) is 0.0476. The van der Waals surface area contributed by atoms with Crippen LogP contribution in [0.1, 0.15) is 136 Å². The van der Waals surface area contributed by atoms with E-state index in [4.69, 9.17) is 18.9 Å². The standard InChI is InChI=1S/C33H59NO8/c1-4-7-9-11-13-15-16-18-20-22-27(35)25-29(36)34-30-31(39-24-21-19-17-14-12-10-8-5-2)28(26-41-32(30)37)42-33(38)40-23-6-3/h6,28,30-32,37H,3-5,7-26H2,1-2H3,(H,34,36)/t28-,30-,31+,32?/m1/s1. The predicted octanol–water partition coefficient (Wildman–Crippen LogP) is 6.93. The molecule has 9 heteroatoms. The fourth-order valence-electron chi connectivity index (χ4n) is 5.13. The van der Waals surface area contributed by atoms with Gasteiger partial charge in [-0.25, -0.2) is 4.79 Å². The summed E-state index contributed by atoms with van der Waals surface area (Å²) in [4.78, 5) is 37.3. The average Bonchev–Trinajstić information content (AvgIpc) is 2.97. The Bertz CT molecular complexity index is 731. The molecule has 0 saturated carbocycles. The van der Waals surface area contributed by atoms with Gasteiger partial charge in [-0.1, -0.05) is 123 Å². The first-order valence-corrected chi connectivity index (χ1v) is 16.6. The fourth-order valence-corrected chi connectivity index (χ4v) is 5.13. The van der Waals surface area contributed by atoms with E-state index in [0.29, 0.717) is 13.0 Å². The molecule has 1 aliphatic heterocycles. The van der Waals surface area contributed by atoms with Gasteiger partial charge in [-0.2, -0.15) is 0 Å². The van der Waals surface area contributed by atoms with Crippen molar-refractivity contribution < 1.29 is 38.4 Å². The Labute approximate surface area is 254 Å². The lowest BCUT2D eigenvalue weighted by Gasteiger charge is -2.40. The SMILES string of the molecule is C=CCOC(=O)O[C@@H]1COC(O)[C@H](NC(=O)CC(=O)CCCCCCCCCCC)[C@H]1OCCCCCCCCCC. The monoisotopic (exact) mass is 597 g/mol. The Hall–Kier alpha value is -1.97. The summed E-state index contributed by atoms with van der Waals surface area (Å²) in [6.45, 7) is 8.17. The summed E-state index contributed by atoms with van der Waals surface area (Å²) in [6.07, 6.45) is 16.9. The molecule has 1 aliphatic rings. The number of unbranched alkanes of at least 4 members (excludes halogenated alkanes) is 15. The van der Waals surface area contributed by atoms with E-state index in [2.05, 4.69) is 25.7 Å². The normalized spacial score (nSPS) is 20.2. The van der Waals surface area contributed by atoms with E-state index in [1.54, 1.807) is 0 Å². The van der Waals surface area contributed by atoms with Crippen molar-refractivity contribution >= 4 is 17.8 Å². The molecule has 1 saturated heterocycles. The van der Waals surface area contributed by atoms with Gasteiger partial charge in [0.2, 0.25) is 5.91 Å². The molecular weight excluding hydrogens is 538 g/mol. The highest BCUT2D eigenvalue weighted by Gasteiger charge is 2.44. The zero-order valence-corrected chi connectivity index (χ0v) is 26.5. The number of hydrogen-bond acceptors (Lipinski definition) is 8. The van der Waals surface area contributed by atoms with E-state index < -0.39 is 36.6 Å². The minimum absolute atomic E-state index is 0.0138. The number of rotatable bonds is 26. The maximum Gasteiger partial charge on any atom is 0.509 e. The number of Topliss-reactive ketones (excluding diaryl/α,β-unsaturated/α-hetero) is 1. The number of nitrogens with one attached hydrogen (secondary N) is 1. The third-order valence-electron chi connectivity index (χ3n) is 7.58. The summed E-state index contributed by atoms with van der Waals surface area (Å²) >= 11 is 0. The molecule has 0 aliphatic carbocycles. The summed E-state index contributed by atoms with van der Waals surface area (Å²) in [5.74, 6) is -0.655. The number of carbonyl (C=O) groups excluding carboxylic acids is 3. The Morgan fingerprint density at radius 1 is 0.857 bits per heavy atom. The molecule has 1 heterocycles. The van der Waals surface area contributed by atoms with Crippen LogP contribution in [0.2, 0.25) is 0 Å². The highest BCUT2D eigenvalue weighted by Crippen LogP contribution is 2.22. The number of aliphatic hydroxyl groups excluding tert-OH is 1. The van der Waals surface area contributed by atoms with Crippen molar-refractivity contribution in [2.45, 2.75) is 160 Å². The first-order valence-electron chi connectivity index (χ1n) is 16.6. The molecule has 0 radical (unpaired) electrons. The van der Waals surface area contributed by atoms with Crippen molar-refractivity contribution in [2.24, 2.45) is 0 Å². The zero-order valence-electron chi connectivity index (χ0n) is 26.5. The molecule has 0 aromatic rings. The number of ketones is 1. The van der Waals surface area contributed by atoms with E-state index in [0.717, 1.165) is 38.5 Å². The molecular formula is C33H59NO8. The predicted molar refractivity (Wildman–Crippen MR) is 164 cm³/mol. The molecule has 1 unspecified atom stereocenters. The van der Waals surface area contributed by atoms with E-state index in [-0.39, 0.29) is 25.4 Å². The van der Waals surface area contributed by atoms with Crippen LogP contribution in [0.15, 0.2) is 12.7 Å². The van der Waals surface area contributed by atoms with Crippen molar-refractivity contribution in [3.63, 3.8) is 0 Å². The van der Waals surface area contributed by atoms with Gasteiger partial charge in [0, 0.05) is 13.0 Å². The van der Waals surface area contributed by atoms with Crippen molar-refractivity contribution in [3.8, 4) is 0 Å². The second-order valence-corrected chi connectivity index (χ2v) is 11.4. The smallest absolute Gasteiger partial charge is 0.430 e. The van der Waals surface area contributed by atoms with Crippen LogP contribution >= 0.6 is 0 Å². The summed E-state index contributed by atoms with van der Waals surface area (Å²) in [5, 5.41) is 13.3. The molecule has 0 aromatic heterocycles. The van der Waals surface area contributed by atoms with Crippen LogP contribution in [0.25, 0.3) is 0 Å². The molecule has 0 bridgehead atoms. The van der Waals surface area contributed by atoms with Gasteiger partial charge in [0.15, 0.2) is 12.4 Å². The van der Waals surface area contributed by atoms with Crippen LogP contribution < -0.4 is 5.32 Å². The topological polar surface area (TPSA) is 120 Å². The van der Waals surface area contributed by atoms with Gasteiger partial charge in [-0.15, -0.1) is 0 Å². The minimum Gasteiger partial charge on any atom is -0.430 e. The number of aliphatic hydroxyl groups is 1. The van der Waals surface area contributed by atoms with Gasteiger partial charge in [-0.3, -0.25) is 9.59 Å². The zero-order chi connectivity index (χ0) is 30.8. The molecule has 42 heavy (non-hydrogen) atoms. The average molecular weight is 598 g/mol. The fraction of sp³-hybridized carbons (Fsp3) is 0.848. The Morgan fingerprint density at radius 3 is 1.98 bits per heavy atom. The summed E-state index contributed by atoms with van der Waals surface area (Å²) < 4.78 is 21.8. The lowest BCUT2D eigenvalue weighted by Crippen LogP contribution is -2.62. The van der Waals surface area contributed by atoms with Crippen LogP contribution in [0.4, 0.5) is 4.79 Å². The summed E-state index contributed by atoms with van der Waals surface area (Å²) in [7, 11) is 0. The van der Waals surface area contributed by atoms with Crippen molar-refractivity contribution in [2.75, 3.05) is 19.8 Å². The molecule has 244 valence electrons. The summed E-state index contributed by atoms with van der Waals surface area (Å²) in [6, 6.07) is -1.00. The van der Waals surface area contributed by atoms with Gasteiger partial charge in [0.1, 0.15) is 24.5 Å². The second-order valence-electron chi connectivity index (χ2n) is 11.4. The molecule has 9 nitrogen and oxygen atoms in total. The van der Waals surface area contributed by atoms with E-state index in [1.165, 1.54) is 76.7 Å². The third-order valence-corrected chi connectivity index (χ3v) is 7.58. The highest BCUT2D eigenvalue weighted by molar-refractivity contribution is 5.98. The lowest BCUT2D eigenvalue weighted by molar-refractivity contribution is -0.226. The van der Waals surface area contributed by atoms with Crippen LogP contribution in [-0.2, 0) is 28.5 Å². The minimum atomic E-state index is -1.37. The lowest BCUT2D eigenvalue weighted by atomic mass is 10.0. The Morgan fingerprint density at radius 2 is 1.40 bits per heavy atom. The number of amides is 1. The van der Waals surface area contributed by atoms with Crippen LogP contribution in [0.5, 0.6) is 0 Å².